The van der Waals surface area contributed by atoms with Crippen molar-refractivity contribution in [2.24, 2.45) is 5.92 Å². The Hall–Kier alpha value is -2.24. The maximum absolute atomic E-state index is 12.4. The lowest BCUT2D eigenvalue weighted by Crippen LogP contribution is -2.57. The number of ether oxygens (including phenoxy) is 1. The van der Waals surface area contributed by atoms with Crippen LogP contribution in [0, 0.1) is 5.92 Å². The van der Waals surface area contributed by atoms with E-state index in [1.165, 1.54) is 0 Å². The minimum absolute atomic E-state index is 0.0294. The van der Waals surface area contributed by atoms with Crippen LogP contribution in [0.25, 0.3) is 0 Å². The molecule has 138 valence electrons. The topological polar surface area (TPSA) is 70.1 Å². The Morgan fingerprint density at radius 3 is 2.40 bits per heavy atom. The molecule has 1 unspecified atom stereocenters. The zero-order valence-electron chi connectivity index (χ0n) is 15.7. The molecule has 1 saturated heterocycles. The molecule has 1 N–H and O–H groups in total. The van der Waals surface area contributed by atoms with Gasteiger partial charge in [-0.25, -0.2) is 9.59 Å². The highest BCUT2D eigenvalue weighted by Crippen LogP contribution is 2.28. The summed E-state index contributed by atoms with van der Waals surface area (Å²) in [4.78, 5) is 27.8. The number of amides is 1. The smallest absolute Gasteiger partial charge is 0.410 e. The Morgan fingerprint density at radius 1 is 1.20 bits per heavy atom. The second kappa shape index (κ2) is 7.33. The van der Waals surface area contributed by atoms with Crippen molar-refractivity contribution in [3.8, 4) is 0 Å². The Bertz CT molecular complexity index is 637. The van der Waals surface area contributed by atoms with E-state index in [2.05, 4.69) is 18.7 Å². The van der Waals surface area contributed by atoms with E-state index in [1.807, 2.05) is 32.9 Å². The number of carboxylic acid groups (broad SMARTS) is 1. The maximum Gasteiger partial charge on any atom is 0.410 e. The van der Waals surface area contributed by atoms with Crippen LogP contribution in [0.3, 0.4) is 0 Å². The first kappa shape index (κ1) is 19.1. The van der Waals surface area contributed by atoms with Crippen LogP contribution < -0.4 is 4.90 Å². The second-order valence-corrected chi connectivity index (χ2v) is 7.75. The summed E-state index contributed by atoms with van der Waals surface area (Å²) in [6.45, 7) is 11.3. The molecule has 1 aromatic carbocycles. The zero-order valence-corrected chi connectivity index (χ0v) is 15.7. The van der Waals surface area contributed by atoms with Crippen molar-refractivity contribution in [2.75, 3.05) is 24.5 Å². The van der Waals surface area contributed by atoms with Crippen LogP contribution in [0.5, 0.6) is 0 Å². The van der Waals surface area contributed by atoms with Gasteiger partial charge in [-0.15, -0.1) is 0 Å². The molecule has 0 aliphatic carbocycles. The Morgan fingerprint density at radius 2 is 1.84 bits per heavy atom. The minimum atomic E-state index is -0.937. The number of rotatable bonds is 3. The fraction of sp³-hybridized carbons (Fsp3) is 0.579. The van der Waals surface area contributed by atoms with E-state index in [0.717, 1.165) is 0 Å². The molecule has 6 heteroatoms. The first-order chi connectivity index (χ1) is 11.6. The van der Waals surface area contributed by atoms with Gasteiger partial charge < -0.3 is 19.6 Å². The van der Waals surface area contributed by atoms with Crippen molar-refractivity contribution in [2.45, 2.75) is 46.3 Å². The predicted molar refractivity (Wildman–Crippen MR) is 97.2 cm³/mol. The fourth-order valence-corrected chi connectivity index (χ4v) is 3.08. The quantitative estimate of drug-likeness (QED) is 0.906. The van der Waals surface area contributed by atoms with Gasteiger partial charge in [-0.1, -0.05) is 26.0 Å². The molecule has 1 aliphatic rings. The van der Waals surface area contributed by atoms with Gasteiger partial charge in [0.1, 0.15) is 5.60 Å². The van der Waals surface area contributed by atoms with Crippen molar-refractivity contribution in [3.05, 3.63) is 29.8 Å². The Labute approximate surface area is 149 Å². The first-order valence-electron chi connectivity index (χ1n) is 8.67. The molecule has 1 aromatic rings. The highest BCUT2D eigenvalue weighted by Gasteiger charge is 2.34. The van der Waals surface area contributed by atoms with Crippen molar-refractivity contribution < 1.29 is 19.4 Å². The predicted octanol–water partition coefficient (Wildman–Crippen LogP) is 3.47. The van der Waals surface area contributed by atoms with Crippen molar-refractivity contribution >= 4 is 17.7 Å². The van der Waals surface area contributed by atoms with Gasteiger partial charge in [0, 0.05) is 25.7 Å². The van der Waals surface area contributed by atoms with Crippen LogP contribution in [0.1, 0.15) is 45.0 Å². The molecular weight excluding hydrogens is 320 g/mol. The molecule has 2 rings (SSSR count). The molecule has 0 aromatic heterocycles. The van der Waals surface area contributed by atoms with Gasteiger partial charge in [0.2, 0.25) is 0 Å². The van der Waals surface area contributed by atoms with E-state index >= 15 is 0 Å². The summed E-state index contributed by atoms with van der Waals surface area (Å²) in [5.41, 5.74) is 0.466. The number of hydrogen-bond acceptors (Lipinski definition) is 4. The van der Waals surface area contributed by atoms with Gasteiger partial charge in [0.25, 0.3) is 0 Å². The summed E-state index contributed by atoms with van der Waals surface area (Å²) in [5, 5.41) is 9.48. The van der Waals surface area contributed by atoms with Crippen LogP contribution in [-0.4, -0.2) is 53.3 Å². The lowest BCUT2D eigenvalue weighted by atomic mass is 9.97. The molecule has 0 radical (unpaired) electrons. The maximum atomic E-state index is 12.4. The molecule has 25 heavy (non-hydrogen) atoms. The highest BCUT2D eigenvalue weighted by molar-refractivity contribution is 5.94. The van der Waals surface area contributed by atoms with E-state index in [1.54, 1.807) is 17.0 Å². The number of nitrogens with zero attached hydrogens (tertiary/aromatic N) is 2. The number of para-hydroxylation sites is 1. The van der Waals surface area contributed by atoms with Gasteiger partial charge in [-0.2, -0.15) is 0 Å². The van der Waals surface area contributed by atoms with Crippen molar-refractivity contribution in [3.63, 3.8) is 0 Å². The van der Waals surface area contributed by atoms with Crippen LogP contribution in [-0.2, 0) is 4.74 Å². The zero-order chi connectivity index (χ0) is 18.8. The van der Waals surface area contributed by atoms with Crippen LogP contribution in [0.2, 0.25) is 0 Å². The second-order valence-electron chi connectivity index (χ2n) is 7.75. The minimum Gasteiger partial charge on any atom is -0.478 e. The number of aromatic carboxylic acids is 1. The average Bonchev–Trinajstić information content (AvgIpc) is 2.52. The van der Waals surface area contributed by atoms with Gasteiger partial charge in [-0.3, -0.25) is 0 Å². The summed E-state index contributed by atoms with van der Waals surface area (Å²) in [7, 11) is 0. The standard InChI is InChI=1S/C19H28N2O4/c1-13(2)16-12-20(18(24)25-19(3,4)5)10-11-21(16)15-9-7-6-8-14(15)17(22)23/h6-9,13,16H,10-12H2,1-5H3,(H,22,23). The van der Waals surface area contributed by atoms with E-state index < -0.39 is 11.6 Å². The number of carbonyl (C=O) groups excluding carboxylic acids is 1. The summed E-state index contributed by atoms with van der Waals surface area (Å²) >= 11 is 0. The molecular formula is C19H28N2O4. The summed E-state index contributed by atoms with van der Waals surface area (Å²) < 4.78 is 5.48. The molecule has 0 spiro atoms. The third-order valence-corrected chi connectivity index (χ3v) is 4.28. The van der Waals surface area contributed by atoms with Gasteiger partial charge in [0.15, 0.2) is 0 Å². The van der Waals surface area contributed by atoms with Gasteiger partial charge >= 0.3 is 12.1 Å². The van der Waals surface area contributed by atoms with Crippen molar-refractivity contribution in [1.82, 2.24) is 4.90 Å². The molecule has 1 amide bonds. The summed E-state index contributed by atoms with van der Waals surface area (Å²) in [6, 6.07) is 7.06. The molecule has 1 atom stereocenters. The molecule has 1 fully saturated rings. The summed E-state index contributed by atoms with van der Waals surface area (Å²) in [6.07, 6.45) is -0.315. The number of anilines is 1. The molecule has 0 bridgehead atoms. The highest BCUT2D eigenvalue weighted by atomic mass is 16.6. The Kier molecular flexibility index (Phi) is 5.60. The van der Waals surface area contributed by atoms with Crippen LogP contribution in [0.15, 0.2) is 24.3 Å². The van der Waals surface area contributed by atoms with Crippen molar-refractivity contribution in [1.29, 1.82) is 0 Å². The third kappa shape index (κ3) is 4.65. The lowest BCUT2D eigenvalue weighted by molar-refractivity contribution is 0.0201. The van der Waals surface area contributed by atoms with Crippen LogP contribution in [0.4, 0.5) is 10.5 Å². The third-order valence-electron chi connectivity index (χ3n) is 4.28. The Balaban J connectivity index is 2.24. The van der Waals surface area contributed by atoms with E-state index in [4.69, 9.17) is 4.74 Å². The SMILES string of the molecule is CC(C)C1CN(C(=O)OC(C)(C)C)CCN1c1ccccc1C(=O)O. The number of carboxylic acids is 1. The van der Waals surface area contributed by atoms with Gasteiger partial charge in [0.05, 0.1) is 11.3 Å². The normalized spacial score (nSPS) is 18.4. The summed E-state index contributed by atoms with van der Waals surface area (Å²) in [5.74, 6) is -0.681. The van der Waals surface area contributed by atoms with Gasteiger partial charge in [-0.05, 0) is 38.8 Å². The molecule has 1 aliphatic heterocycles. The number of carbonyl (C=O) groups is 2. The lowest BCUT2D eigenvalue weighted by Gasteiger charge is -2.45. The fourth-order valence-electron chi connectivity index (χ4n) is 3.08. The number of hydrogen-bond donors (Lipinski definition) is 1. The molecule has 1 heterocycles. The average molecular weight is 348 g/mol. The number of piperazine rings is 1. The van der Waals surface area contributed by atoms with Crippen LogP contribution >= 0.6 is 0 Å². The molecule has 6 nitrogen and oxygen atoms in total. The molecule has 0 saturated carbocycles. The monoisotopic (exact) mass is 348 g/mol. The first-order valence-corrected chi connectivity index (χ1v) is 8.67. The largest absolute Gasteiger partial charge is 0.478 e. The van der Waals surface area contributed by atoms with E-state index in [0.29, 0.717) is 30.9 Å². The van der Waals surface area contributed by atoms with E-state index in [9.17, 15) is 14.7 Å². The van der Waals surface area contributed by atoms with E-state index in [-0.39, 0.29) is 18.1 Å². The number of benzene rings is 1.